The second-order valence-corrected chi connectivity index (χ2v) is 5.31. The van der Waals surface area contributed by atoms with Crippen molar-refractivity contribution in [3.05, 3.63) is 22.3 Å². The zero-order chi connectivity index (χ0) is 13.8. The summed E-state index contributed by atoms with van der Waals surface area (Å²) in [6, 6.07) is 3.96. The van der Waals surface area contributed by atoms with E-state index in [4.69, 9.17) is 4.74 Å². The van der Waals surface area contributed by atoms with E-state index in [9.17, 15) is 4.79 Å². The van der Waals surface area contributed by atoms with E-state index in [0.717, 1.165) is 22.5 Å². The number of nitrogens with zero attached hydrogens (tertiary/aromatic N) is 2. The summed E-state index contributed by atoms with van der Waals surface area (Å²) in [6.45, 7) is 3.99. The number of morpholine rings is 1. The second-order valence-electron chi connectivity index (χ2n) is 4.46. The SMILES string of the molecule is COC(=O)C[C@H]1CN(c2ccc(Br)c(C)n2)CCO1. The van der Waals surface area contributed by atoms with Crippen LogP contribution in [0.2, 0.25) is 0 Å². The van der Waals surface area contributed by atoms with Gasteiger partial charge in [-0.2, -0.15) is 0 Å². The van der Waals surface area contributed by atoms with Crippen LogP contribution in [0.5, 0.6) is 0 Å². The molecule has 0 aliphatic carbocycles. The third-order valence-electron chi connectivity index (χ3n) is 3.09. The number of anilines is 1. The minimum atomic E-state index is -0.244. The zero-order valence-electron chi connectivity index (χ0n) is 11.1. The summed E-state index contributed by atoms with van der Waals surface area (Å²) in [5.41, 5.74) is 0.952. The number of carbonyl (C=O) groups excluding carboxylic acids is 1. The molecule has 1 atom stereocenters. The lowest BCUT2D eigenvalue weighted by atomic mass is 10.2. The van der Waals surface area contributed by atoms with Crippen LogP contribution in [0.15, 0.2) is 16.6 Å². The van der Waals surface area contributed by atoms with Gasteiger partial charge in [0.05, 0.1) is 31.9 Å². The number of halogens is 1. The first-order valence-corrected chi connectivity index (χ1v) is 6.96. The Morgan fingerprint density at radius 3 is 3.11 bits per heavy atom. The van der Waals surface area contributed by atoms with Crippen LogP contribution in [0, 0.1) is 6.92 Å². The zero-order valence-corrected chi connectivity index (χ0v) is 12.6. The van der Waals surface area contributed by atoms with E-state index in [-0.39, 0.29) is 18.5 Å². The molecule has 1 saturated heterocycles. The number of hydrogen-bond donors (Lipinski definition) is 0. The lowest BCUT2D eigenvalue weighted by molar-refractivity contribution is -0.144. The topological polar surface area (TPSA) is 51.7 Å². The number of carbonyl (C=O) groups is 1. The molecule has 1 fully saturated rings. The van der Waals surface area contributed by atoms with Gasteiger partial charge in [0, 0.05) is 17.6 Å². The Balaban J connectivity index is 2.04. The van der Waals surface area contributed by atoms with E-state index >= 15 is 0 Å². The number of hydrogen-bond acceptors (Lipinski definition) is 5. The average Bonchev–Trinajstić information content (AvgIpc) is 2.42. The molecule has 0 radical (unpaired) electrons. The van der Waals surface area contributed by atoms with Gasteiger partial charge in [0.15, 0.2) is 0 Å². The largest absolute Gasteiger partial charge is 0.469 e. The van der Waals surface area contributed by atoms with E-state index in [2.05, 4.69) is 30.6 Å². The van der Waals surface area contributed by atoms with Crippen LogP contribution in [0.4, 0.5) is 5.82 Å². The smallest absolute Gasteiger partial charge is 0.308 e. The maximum absolute atomic E-state index is 11.3. The minimum absolute atomic E-state index is 0.132. The fourth-order valence-electron chi connectivity index (χ4n) is 2.03. The third kappa shape index (κ3) is 3.67. The molecule has 0 saturated carbocycles. The highest BCUT2D eigenvalue weighted by Gasteiger charge is 2.24. The van der Waals surface area contributed by atoms with Crippen molar-refractivity contribution < 1.29 is 14.3 Å². The molecule has 5 nitrogen and oxygen atoms in total. The molecule has 0 amide bonds. The van der Waals surface area contributed by atoms with Crippen LogP contribution in [0.3, 0.4) is 0 Å². The normalized spacial score (nSPS) is 19.3. The molecule has 2 rings (SSSR count). The van der Waals surface area contributed by atoms with Gasteiger partial charge in [-0.3, -0.25) is 4.79 Å². The summed E-state index contributed by atoms with van der Waals surface area (Å²) < 4.78 is 11.2. The predicted octanol–water partition coefficient (Wildman–Crippen LogP) is 1.92. The lowest BCUT2D eigenvalue weighted by Gasteiger charge is -2.33. The molecule has 0 unspecified atom stereocenters. The van der Waals surface area contributed by atoms with Gasteiger partial charge >= 0.3 is 5.97 Å². The van der Waals surface area contributed by atoms with Crippen molar-refractivity contribution in [2.75, 3.05) is 31.7 Å². The predicted molar refractivity (Wildman–Crippen MR) is 75.3 cm³/mol. The monoisotopic (exact) mass is 328 g/mol. The molecule has 6 heteroatoms. The van der Waals surface area contributed by atoms with Crippen molar-refractivity contribution >= 4 is 27.7 Å². The number of rotatable bonds is 3. The van der Waals surface area contributed by atoms with Gasteiger partial charge in [-0.15, -0.1) is 0 Å². The van der Waals surface area contributed by atoms with E-state index in [1.54, 1.807) is 0 Å². The van der Waals surface area contributed by atoms with Crippen molar-refractivity contribution in [1.29, 1.82) is 0 Å². The molecular weight excluding hydrogens is 312 g/mol. The Hall–Kier alpha value is -1.14. The molecule has 0 N–H and O–H groups in total. The third-order valence-corrected chi connectivity index (χ3v) is 3.93. The summed E-state index contributed by atoms with van der Waals surface area (Å²) in [7, 11) is 1.39. The number of ether oxygens (including phenoxy) is 2. The first-order chi connectivity index (χ1) is 9.10. The standard InChI is InChI=1S/C13H17BrN2O3/c1-9-11(14)3-4-12(15-9)16-5-6-19-10(8-16)7-13(17)18-2/h3-4,10H,5-8H2,1-2H3/t10-/m0/s1. The Morgan fingerprint density at radius 2 is 2.42 bits per heavy atom. The Morgan fingerprint density at radius 1 is 1.63 bits per heavy atom. The number of pyridine rings is 1. The fourth-order valence-corrected chi connectivity index (χ4v) is 2.25. The van der Waals surface area contributed by atoms with Crippen molar-refractivity contribution in [3.63, 3.8) is 0 Å². The number of aromatic nitrogens is 1. The van der Waals surface area contributed by atoms with Crippen LogP contribution in [0.25, 0.3) is 0 Å². The Bertz CT molecular complexity index is 467. The molecule has 0 aromatic carbocycles. The van der Waals surface area contributed by atoms with E-state index < -0.39 is 0 Å². The molecular formula is C13H17BrN2O3. The molecule has 1 aromatic heterocycles. The van der Waals surface area contributed by atoms with Crippen molar-refractivity contribution in [1.82, 2.24) is 4.98 Å². The summed E-state index contributed by atoms with van der Waals surface area (Å²) in [6.07, 6.45) is 0.148. The molecule has 1 aromatic rings. The van der Waals surface area contributed by atoms with Crippen LogP contribution >= 0.6 is 15.9 Å². The summed E-state index contributed by atoms with van der Waals surface area (Å²) in [5.74, 6) is 0.672. The minimum Gasteiger partial charge on any atom is -0.469 e. The maximum atomic E-state index is 11.3. The van der Waals surface area contributed by atoms with Gasteiger partial charge in [-0.25, -0.2) is 4.98 Å². The molecule has 19 heavy (non-hydrogen) atoms. The van der Waals surface area contributed by atoms with Gasteiger partial charge in [-0.05, 0) is 35.0 Å². The van der Waals surface area contributed by atoms with Gasteiger partial charge in [0.2, 0.25) is 0 Å². The molecule has 2 heterocycles. The number of esters is 1. The van der Waals surface area contributed by atoms with Gasteiger partial charge < -0.3 is 14.4 Å². The average molecular weight is 329 g/mol. The highest BCUT2D eigenvalue weighted by molar-refractivity contribution is 9.10. The van der Waals surface area contributed by atoms with Crippen molar-refractivity contribution in [3.8, 4) is 0 Å². The Kier molecular flexibility index (Phi) is 4.76. The molecule has 1 aliphatic heterocycles. The van der Waals surface area contributed by atoms with E-state index in [1.807, 2.05) is 19.1 Å². The van der Waals surface area contributed by atoms with Crippen LogP contribution in [-0.2, 0) is 14.3 Å². The quantitative estimate of drug-likeness (QED) is 0.793. The van der Waals surface area contributed by atoms with Crippen molar-refractivity contribution in [2.24, 2.45) is 0 Å². The molecule has 0 spiro atoms. The highest BCUT2D eigenvalue weighted by Crippen LogP contribution is 2.21. The summed E-state index contributed by atoms with van der Waals surface area (Å²) in [4.78, 5) is 18.0. The first-order valence-electron chi connectivity index (χ1n) is 6.16. The van der Waals surface area contributed by atoms with Gasteiger partial charge in [0.1, 0.15) is 5.82 Å². The molecule has 1 aliphatic rings. The lowest BCUT2D eigenvalue weighted by Crippen LogP contribution is -2.43. The van der Waals surface area contributed by atoms with Crippen LogP contribution in [-0.4, -0.2) is 43.9 Å². The number of aryl methyl sites for hydroxylation is 1. The summed E-state index contributed by atoms with van der Waals surface area (Å²) >= 11 is 3.44. The number of methoxy groups -OCH3 is 1. The van der Waals surface area contributed by atoms with Crippen LogP contribution < -0.4 is 4.90 Å². The summed E-state index contributed by atoms with van der Waals surface area (Å²) in [5, 5.41) is 0. The van der Waals surface area contributed by atoms with Gasteiger partial charge in [-0.1, -0.05) is 0 Å². The van der Waals surface area contributed by atoms with E-state index in [0.29, 0.717) is 13.2 Å². The van der Waals surface area contributed by atoms with Crippen molar-refractivity contribution in [2.45, 2.75) is 19.4 Å². The first kappa shape index (κ1) is 14.3. The Labute approximate surface area is 121 Å². The highest BCUT2D eigenvalue weighted by atomic mass is 79.9. The van der Waals surface area contributed by atoms with Crippen LogP contribution in [0.1, 0.15) is 12.1 Å². The van der Waals surface area contributed by atoms with E-state index in [1.165, 1.54) is 7.11 Å². The second kappa shape index (κ2) is 6.34. The molecule has 104 valence electrons. The van der Waals surface area contributed by atoms with Gasteiger partial charge in [0.25, 0.3) is 0 Å². The fraction of sp³-hybridized carbons (Fsp3) is 0.538. The molecule has 0 bridgehead atoms. The maximum Gasteiger partial charge on any atom is 0.308 e.